The number of nitrogens with one attached hydrogen (secondary N) is 2. The molecule has 2 fully saturated rings. The summed E-state index contributed by atoms with van der Waals surface area (Å²) < 4.78 is 45.0. The Morgan fingerprint density at radius 3 is 2.57 bits per heavy atom. The zero-order valence-corrected chi connectivity index (χ0v) is 16.0. The van der Waals surface area contributed by atoms with Crippen LogP contribution in [0.15, 0.2) is 42.5 Å². The summed E-state index contributed by atoms with van der Waals surface area (Å²) in [6, 6.07) is 9.91. The van der Waals surface area contributed by atoms with Gasteiger partial charge in [-0.1, -0.05) is 24.3 Å². The van der Waals surface area contributed by atoms with Gasteiger partial charge in [-0.05, 0) is 24.6 Å². The number of amides is 1. The Morgan fingerprint density at radius 2 is 1.87 bits per heavy atom. The van der Waals surface area contributed by atoms with Crippen molar-refractivity contribution in [2.75, 3.05) is 19.6 Å². The van der Waals surface area contributed by atoms with E-state index in [-0.39, 0.29) is 30.2 Å². The number of ether oxygens (including phenoxy) is 1. The Hall–Kier alpha value is -2.62. The van der Waals surface area contributed by atoms with Crippen LogP contribution in [0.4, 0.5) is 13.2 Å². The highest BCUT2D eigenvalue weighted by Crippen LogP contribution is 2.36. The van der Waals surface area contributed by atoms with Crippen molar-refractivity contribution in [3.05, 3.63) is 65.0 Å². The molecular weight excluding hydrogens is 399 g/mol. The van der Waals surface area contributed by atoms with E-state index in [1.165, 1.54) is 17.0 Å². The first-order chi connectivity index (χ1) is 14.4. The number of aliphatic hydroxyl groups is 1. The number of alkyl halides is 2. The number of aliphatic hydroxyl groups excluding tert-OH is 1. The van der Waals surface area contributed by atoms with Crippen molar-refractivity contribution in [1.82, 2.24) is 15.8 Å². The number of rotatable bonds is 5. The molecule has 6 nitrogen and oxygen atoms in total. The van der Waals surface area contributed by atoms with Crippen LogP contribution in [0.5, 0.6) is 5.75 Å². The fraction of sp³-hybridized carbons (Fsp3) is 0.381. The molecule has 2 saturated heterocycles. The van der Waals surface area contributed by atoms with Crippen LogP contribution in [-0.4, -0.2) is 48.3 Å². The summed E-state index contributed by atoms with van der Waals surface area (Å²) in [5.74, 6) is -1.09. The summed E-state index contributed by atoms with van der Waals surface area (Å²) in [5, 5.41) is 10.1. The lowest BCUT2D eigenvalue weighted by molar-refractivity contribution is -0.0506. The van der Waals surface area contributed by atoms with Crippen LogP contribution >= 0.6 is 0 Å². The van der Waals surface area contributed by atoms with E-state index in [4.69, 9.17) is 4.74 Å². The highest BCUT2D eigenvalue weighted by Gasteiger charge is 2.37. The molecule has 2 atom stereocenters. The number of hydrogen-bond acceptors (Lipinski definition) is 5. The third-order valence-electron chi connectivity index (χ3n) is 5.54. The number of nitrogens with zero attached hydrogens (tertiary/aromatic N) is 1. The van der Waals surface area contributed by atoms with Gasteiger partial charge in [0.1, 0.15) is 11.6 Å². The van der Waals surface area contributed by atoms with Crippen molar-refractivity contribution in [3.63, 3.8) is 0 Å². The maximum atomic E-state index is 14.3. The van der Waals surface area contributed by atoms with Crippen LogP contribution in [0.1, 0.15) is 39.9 Å². The number of hydrazine groups is 1. The normalized spacial score (nSPS) is 22.1. The summed E-state index contributed by atoms with van der Waals surface area (Å²) in [6.45, 7) is -1.92. The van der Waals surface area contributed by atoms with Crippen molar-refractivity contribution in [2.45, 2.75) is 31.1 Å². The van der Waals surface area contributed by atoms with Crippen LogP contribution in [0.25, 0.3) is 0 Å². The van der Waals surface area contributed by atoms with Gasteiger partial charge in [-0.25, -0.2) is 4.39 Å². The maximum Gasteiger partial charge on any atom is 0.387 e. The summed E-state index contributed by atoms with van der Waals surface area (Å²) in [7, 11) is 0. The van der Waals surface area contributed by atoms with Gasteiger partial charge in [-0.15, -0.1) is 0 Å². The third-order valence-corrected chi connectivity index (χ3v) is 5.54. The van der Waals surface area contributed by atoms with Crippen molar-refractivity contribution in [2.24, 2.45) is 0 Å². The van der Waals surface area contributed by atoms with Gasteiger partial charge in [-0.3, -0.25) is 15.6 Å². The Bertz CT molecular complexity index is 921. The van der Waals surface area contributed by atoms with E-state index >= 15 is 0 Å². The summed E-state index contributed by atoms with van der Waals surface area (Å²) in [6.07, 6.45) is -0.602. The first-order valence-corrected chi connectivity index (χ1v) is 9.72. The Morgan fingerprint density at radius 1 is 1.13 bits per heavy atom. The van der Waals surface area contributed by atoms with Crippen molar-refractivity contribution in [3.8, 4) is 5.75 Å². The lowest BCUT2D eigenvalue weighted by atomic mass is 9.97. The quantitative estimate of drug-likeness (QED) is 0.692. The smallest absolute Gasteiger partial charge is 0.387 e. The second-order valence-corrected chi connectivity index (χ2v) is 7.47. The summed E-state index contributed by atoms with van der Waals surface area (Å²) >= 11 is 0. The van der Waals surface area contributed by atoms with Crippen LogP contribution in [0, 0.1) is 5.82 Å². The second-order valence-electron chi connectivity index (χ2n) is 7.47. The predicted octanol–water partition coefficient (Wildman–Crippen LogP) is 2.57. The number of benzene rings is 2. The van der Waals surface area contributed by atoms with E-state index in [1.807, 2.05) is 0 Å². The molecule has 2 aliphatic heterocycles. The van der Waals surface area contributed by atoms with Gasteiger partial charge in [-0.2, -0.15) is 8.78 Å². The number of carbonyl (C=O) groups excluding carboxylic acids is 1. The molecule has 160 valence electrons. The fourth-order valence-electron chi connectivity index (χ4n) is 4.13. The number of likely N-dealkylation sites (tertiary alicyclic amines) is 1. The Labute approximate surface area is 171 Å². The van der Waals surface area contributed by atoms with E-state index in [1.54, 1.807) is 30.3 Å². The van der Waals surface area contributed by atoms with Gasteiger partial charge in [0.2, 0.25) is 0 Å². The first kappa shape index (κ1) is 20.6. The van der Waals surface area contributed by atoms with Crippen LogP contribution < -0.4 is 15.6 Å². The van der Waals surface area contributed by atoms with Crippen LogP contribution in [0.2, 0.25) is 0 Å². The molecule has 0 aliphatic carbocycles. The van der Waals surface area contributed by atoms with E-state index in [9.17, 15) is 23.1 Å². The van der Waals surface area contributed by atoms with E-state index in [0.29, 0.717) is 24.2 Å². The molecule has 0 aromatic heterocycles. The number of halogens is 3. The molecule has 0 bridgehead atoms. The molecule has 30 heavy (non-hydrogen) atoms. The highest BCUT2D eigenvalue weighted by molar-refractivity contribution is 5.95. The molecule has 0 saturated carbocycles. The largest absolute Gasteiger partial charge is 0.435 e. The summed E-state index contributed by atoms with van der Waals surface area (Å²) in [4.78, 5) is 14.6. The molecule has 3 N–H and O–H groups in total. The zero-order chi connectivity index (χ0) is 21.3. The lowest BCUT2D eigenvalue weighted by Crippen LogP contribution is -2.32. The molecule has 2 aromatic carbocycles. The van der Waals surface area contributed by atoms with Crippen LogP contribution in [-0.2, 0) is 0 Å². The molecular formula is C21H22F3N3O3. The SMILES string of the molecule is O=C(c1ccc(C2CNNC2)c(OC(F)F)c1)N1C[C@H](O)C[C@@H]1c1ccccc1F. The lowest BCUT2D eigenvalue weighted by Gasteiger charge is -2.26. The van der Waals surface area contributed by atoms with Gasteiger partial charge in [0.05, 0.1) is 12.1 Å². The van der Waals surface area contributed by atoms with E-state index in [2.05, 4.69) is 10.9 Å². The van der Waals surface area contributed by atoms with E-state index in [0.717, 1.165) is 0 Å². The number of carbonyl (C=O) groups is 1. The number of hydrogen-bond donors (Lipinski definition) is 3. The molecule has 2 heterocycles. The predicted molar refractivity (Wildman–Crippen MR) is 103 cm³/mol. The van der Waals surface area contributed by atoms with Crippen LogP contribution in [0.3, 0.4) is 0 Å². The Balaban J connectivity index is 1.65. The average molecular weight is 421 g/mol. The number of β-amino-alcohol motifs (C(OH)–C–C–N with tert-alkyl or cyclic N) is 1. The van der Waals surface area contributed by atoms with Gasteiger partial charge in [0.15, 0.2) is 0 Å². The monoisotopic (exact) mass is 421 g/mol. The van der Waals surface area contributed by atoms with Gasteiger partial charge < -0.3 is 14.7 Å². The molecule has 0 unspecified atom stereocenters. The minimum atomic E-state index is -3.03. The minimum absolute atomic E-state index is 0.0289. The topological polar surface area (TPSA) is 73.8 Å². The minimum Gasteiger partial charge on any atom is -0.435 e. The molecule has 2 aromatic rings. The Kier molecular flexibility index (Phi) is 5.94. The molecule has 0 spiro atoms. The molecule has 9 heteroatoms. The molecule has 4 rings (SSSR count). The standard InChI is InChI=1S/C21H22F3N3O3/c22-17-4-2-1-3-16(17)18-8-14(28)11-27(18)20(29)12-5-6-15(13-9-25-26-10-13)19(7-12)30-21(23)24/h1-7,13-14,18,21,25-26,28H,8-11H2/t14-,18-/m1/s1. The fourth-order valence-corrected chi connectivity index (χ4v) is 4.13. The first-order valence-electron chi connectivity index (χ1n) is 9.72. The van der Waals surface area contributed by atoms with Crippen molar-refractivity contribution in [1.29, 1.82) is 0 Å². The maximum absolute atomic E-state index is 14.3. The third kappa shape index (κ3) is 4.14. The van der Waals surface area contributed by atoms with Gasteiger partial charge in [0, 0.05) is 42.2 Å². The van der Waals surface area contributed by atoms with Gasteiger partial charge in [0.25, 0.3) is 5.91 Å². The van der Waals surface area contributed by atoms with Crippen molar-refractivity contribution < 1.29 is 27.8 Å². The summed E-state index contributed by atoms with van der Waals surface area (Å²) in [5.41, 5.74) is 6.89. The highest BCUT2D eigenvalue weighted by atomic mass is 19.3. The molecule has 2 aliphatic rings. The molecule has 0 radical (unpaired) electrons. The van der Waals surface area contributed by atoms with Gasteiger partial charge >= 0.3 is 6.61 Å². The van der Waals surface area contributed by atoms with Crippen molar-refractivity contribution >= 4 is 5.91 Å². The zero-order valence-electron chi connectivity index (χ0n) is 16.0. The van der Waals surface area contributed by atoms with E-state index < -0.39 is 30.5 Å². The molecule has 1 amide bonds. The average Bonchev–Trinajstić information content (AvgIpc) is 3.37. The second kappa shape index (κ2) is 8.63.